The number of hydrogen-bond donors (Lipinski definition) is 1. The zero-order valence-corrected chi connectivity index (χ0v) is 16.1. The molecular weight excluding hydrogens is 338 g/mol. The van der Waals surface area contributed by atoms with Crippen molar-refractivity contribution in [2.75, 3.05) is 13.2 Å². The van der Waals surface area contributed by atoms with Gasteiger partial charge in [0.15, 0.2) is 11.5 Å². The van der Waals surface area contributed by atoms with E-state index in [1.165, 1.54) is 30.4 Å². The highest BCUT2D eigenvalue weighted by Gasteiger charge is 2.25. The molecule has 1 aliphatic carbocycles. The van der Waals surface area contributed by atoms with Gasteiger partial charge in [-0.3, -0.25) is 4.79 Å². The molecule has 0 saturated carbocycles. The molecule has 2 aromatic carbocycles. The minimum Gasteiger partial charge on any atom is -0.486 e. The van der Waals surface area contributed by atoms with Gasteiger partial charge in [-0.15, -0.1) is 0 Å². The molecule has 1 N–H and O–H groups in total. The predicted molar refractivity (Wildman–Crippen MR) is 105 cm³/mol. The fourth-order valence-corrected chi connectivity index (χ4v) is 3.98. The van der Waals surface area contributed by atoms with Crippen molar-refractivity contribution in [3.63, 3.8) is 0 Å². The van der Waals surface area contributed by atoms with Gasteiger partial charge in [0, 0.05) is 0 Å². The molecule has 0 unspecified atom stereocenters. The molecule has 0 atom stereocenters. The van der Waals surface area contributed by atoms with Crippen LogP contribution in [0.4, 0.5) is 0 Å². The van der Waals surface area contributed by atoms with Crippen molar-refractivity contribution in [1.29, 1.82) is 0 Å². The van der Waals surface area contributed by atoms with Gasteiger partial charge in [0.05, 0.1) is 12.0 Å². The van der Waals surface area contributed by atoms with Crippen molar-refractivity contribution >= 4 is 5.91 Å². The summed E-state index contributed by atoms with van der Waals surface area (Å²) in [4.78, 5) is 12.7. The number of aryl methyl sites for hydroxylation is 2. The van der Waals surface area contributed by atoms with Crippen LogP contribution in [-0.4, -0.2) is 19.1 Å². The molecule has 0 spiro atoms. The Morgan fingerprint density at radius 3 is 2.52 bits per heavy atom. The SMILES string of the molecule is CC(C)(NC(=O)Cc1ccc2c(c1)CCCC2)c1ccc2c(c1)OCCO2. The Bertz CT molecular complexity index is 857. The Morgan fingerprint density at radius 1 is 0.963 bits per heavy atom. The average molecular weight is 365 g/mol. The topological polar surface area (TPSA) is 47.6 Å². The number of hydrogen-bond acceptors (Lipinski definition) is 3. The second kappa shape index (κ2) is 7.26. The molecule has 27 heavy (non-hydrogen) atoms. The zero-order chi connectivity index (χ0) is 18.9. The van der Waals surface area contributed by atoms with Gasteiger partial charge in [-0.1, -0.05) is 24.3 Å². The van der Waals surface area contributed by atoms with Crippen molar-refractivity contribution in [3.05, 3.63) is 58.7 Å². The first-order valence-electron chi connectivity index (χ1n) is 9.83. The van der Waals surface area contributed by atoms with E-state index in [4.69, 9.17) is 9.47 Å². The lowest BCUT2D eigenvalue weighted by molar-refractivity contribution is -0.122. The van der Waals surface area contributed by atoms with Crippen molar-refractivity contribution in [2.45, 2.75) is 51.5 Å². The maximum Gasteiger partial charge on any atom is 0.225 e. The number of benzene rings is 2. The Balaban J connectivity index is 1.45. The third-order valence-corrected chi connectivity index (χ3v) is 5.49. The normalized spacial score (nSPS) is 15.8. The molecule has 0 saturated heterocycles. The summed E-state index contributed by atoms with van der Waals surface area (Å²) in [6.07, 6.45) is 5.23. The first-order chi connectivity index (χ1) is 13.0. The maximum absolute atomic E-state index is 12.7. The molecule has 0 bridgehead atoms. The van der Waals surface area contributed by atoms with Gasteiger partial charge < -0.3 is 14.8 Å². The Morgan fingerprint density at radius 2 is 1.70 bits per heavy atom. The second-order valence-corrected chi connectivity index (χ2v) is 8.02. The van der Waals surface area contributed by atoms with Gasteiger partial charge in [0.2, 0.25) is 5.91 Å². The van der Waals surface area contributed by atoms with Crippen LogP contribution in [0.5, 0.6) is 11.5 Å². The van der Waals surface area contributed by atoms with E-state index >= 15 is 0 Å². The standard InChI is InChI=1S/C23H27NO3/c1-23(2,19-9-10-20-21(15-19)27-12-11-26-20)24-22(25)14-16-7-8-17-5-3-4-6-18(17)13-16/h7-10,13,15H,3-6,11-12,14H2,1-2H3,(H,24,25). The molecule has 2 aliphatic rings. The predicted octanol–water partition coefficient (Wildman–Crippen LogP) is 3.93. The molecular formula is C23H27NO3. The molecule has 1 heterocycles. The van der Waals surface area contributed by atoms with Crippen LogP contribution in [0.15, 0.2) is 36.4 Å². The van der Waals surface area contributed by atoms with E-state index in [0.29, 0.717) is 19.6 Å². The van der Waals surface area contributed by atoms with E-state index < -0.39 is 5.54 Å². The van der Waals surface area contributed by atoms with Crippen LogP contribution in [-0.2, 0) is 29.6 Å². The van der Waals surface area contributed by atoms with Gasteiger partial charge in [0.1, 0.15) is 13.2 Å². The molecule has 4 rings (SSSR count). The summed E-state index contributed by atoms with van der Waals surface area (Å²) in [5.41, 5.74) is 4.47. The molecule has 0 radical (unpaired) electrons. The van der Waals surface area contributed by atoms with Gasteiger partial charge >= 0.3 is 0 Å². The number of carbonyl (C=O) groups excluding carboxylic acids is 1. The number of nitrogens with one attached hydrogen (secondary N) is 1. The van der Waals surface area contributed by atoms with Crippen LogP contribution in [0, 0.1) is 0 Å². The zero-order valence-electron chi connectivity index (χ0n) is 16.1. The van der Waals surface area contributed by atoms with Crippen molar-refractivity contribution in [2.24, 2.45) is 0 Å². The smallest absolute Gasteiger partial charge is 0.225 e. The molecule has 1 aliphatic heterocycles. The highest BCUT2D eigenvalue weighted by atomic mass is 16.6. The quantitative estimate of drug-likeness (QED) is 0.893. The average Bonchev–Trinajstić information content (AvgIpc) is 2.67. The minimum absolute atomic E-state index is 0.0330. The number of carbonyl (C=O) groups is 1. The number of fused-ring (bicyclic) bond motifs is 2. The lowest BCUT2D eigenvalue weighted by Crippen LogP contribution is -2.41. The Hall–Kier alpha value is -2.49. The van der Waals surface area contributed by atoms with E-state index in [1.807, 2.05) is 32.0 Å². The van der Waals surface area contributed by atoms with Crippen LogP contribution < -0.4 is 14.8 Å². The Labute approximate surface area is 160 Å². The van der Waals surface area contributed by atoms with Crippen LogP contribution in [0.1, 0.15) is 48.9 Å². The summed E-state index contributed by atoms with van der Waals surface area (Å²) in [6, 6.07) is 12.4. The summed E-state index contributed by atoms with van der Waals surface area (Å²) in [6.45, 7) is 5.17. The number of amides is 1. The first-order valence-corrected chi connectivity index (χ1v) is 9.83. The van der Waals surface area contributed by atoms with Crippen LogP contribution in [0.25, 0.3) is 0 Å². The van der Waals surface area contributed by atoms with Gasteiger partial charge in [0.25, 0.3) is 0 Å². The van der Waals surface area contributed by atoms with Crippen LogP contribution >= 0.6 is 0 Å². The molecule has 4 nitrogen and oxygen atoms in total. The molecule has 142 valence electrons. The van der Waals surface area contributed by atoms with E-state index in [0.717, 1.165) is 29.0 Å². The second-order valence-electron chi connectivity index (χ2n) is 8.02. The minimum atomic E-state index is -0.485. The largest absolute Gasteiger partial charge is 0.486 e. The van der Waals surface area contributed by atoms with Crippen molar-refractivity contribution in [3.8, 4) is 11.5 Å². The van der Waals surface area contributed by atoms with Gasteiger partial charge in [-0.05, 0) is 73.9 Å². The monoisotopic (exact) mass is 365 g/mol. The van der Waals surface area contributed by atoms with E-state index in [1.54, 1.807) is 0 Å². The fraction of sp³-hybridized carbons (Fsp3) is 0.435. The molecule has 1 amide bonds. The number of rotatable bonds is 4. The molecule has 0 fully saturated rings. The Kier molecular flexibility index (Phi) is 4.81. The molecule has 0 aromatic heterocycles. The van der Waals surface area contributed by atoms with Crippen molar-refractivity contribution < 1.29 is 14.3 Å². The highest BCUT2D eigenvalue weighted by molar-refractivity contribution is 5.79. The summed E-state index contributed by atoms with van der Waals surface area (Å²) in [5.74, 6) is 1.54. The third kappa shape index (κ3) is 3.95. The van der Waals surface area contributed by atoms with Crippen molar-refractivity contribution in [1.82, 2.24) is 5.32 Å². The van der Waals surface area contributed by atoms with E-state index in [9.17, 15) is 4.79 Å². The highest BCUT2D eigenvalue weighted by Crippen LogP contribution is 2.34. The summed E-state index contributed by atoms with van der Waals surface area (Å²) >= 11 is 0. The fourth-order valence-electron chi connectivity index (χ4n) is 3.98. The lowest BCUT2D eigenvalue weighted by Gasteiger charge is -2.29. The van der Waals surface area contributed by atoms with Crippen LogP contribution in [0.2, 0.25) is 0 Å². The van der Waals surface area contributed by atoms with Crippen LogP contribution in [0.3, 0.4) is 0 Å². The summed E-state index contributed by atoms with van der Waals surface area (Å²) in [7, 11) is 0. The molecule has 2 aromatic rings. The lowest BCUT2D eigenvalue weighted by atomic mass is 9.89. The molecule has 4 heteroatoms. The maximum atomic E-state index is 12.7. The summed E-state index contributed by atoms with van der Waals surface area (Å²) < 4.78 is 11.3. The van der Waals surface area contributed by atoms with Gasteiger partial charge in [-0.2, -0.15) is 0 Å². The summed E-state index contributed by atoms with van der Waals surface area (Å²) in [5, 5.41) is 3.17. The van der Waals surface area contributed by atoms with E-state index in [-0.39, 0.29) is 5.91 Å². The van der Waals surface area contributed by atoms with Gasteiger partial charge in [-0.25, -0.2) is 0 Å². The number of ether oxygens (including phenoxy) is 2. The van der Waals surface area contributed by atoms with E-state index in [2.05, 4.69) is 23.5 Å². The third-order valence-electron chi connectivity index (χ3n) is 5.49. The first kappa shape index (κ1) is 17.9.